The van der Waals surface area contributed by atoms with Crippen LogP contribution in [0.15, 0.2) is 48.9 Å². The van der Waals surface area contributed by atoms with Crippen molar-refractivity contribution in [2.45, 2.75) is 57.5 Å². The number of rotatable bonds is 13. The Bertz CT molecular complexity index is 1140. The van der Waals surface area contributed by atoms with Crippen molar-refractivity contribution in [3.05, 3.63) is 60.0 Å². The number of benzene rings is 1. The van der Waals surface area contributed by atoms with Gasteiger partial charge in [0.2, 0.25) is 0 Å². The third-order valence-electron chi connectivity index (χ3n) is 7.69. The summed E-state index contributed by atoms with van der Waals surface area (Å²) in [5.74, 6) is 0.748. The zero-order valence-corrected chi connectivity index (χ0v) is 21.6. The van der Waals surface area contributed by atoms with Gasteiger partial charge in [0.15, 0.2) is 0 Å². The second kappa shape index (κ2) is 13.4. The Morgan fingerprint density at radius 2 is 2.03 bits per heavy atom. The average molecular weight is 507 g/mol. The van der Waals surface area contributed by atoms with Gasteiger partial charge in [0, 0.05) is 30.7 Å². The first kappa shape index (κ1) is 26.9. The second-order valence-electron chi connectivity index (χ2n) is 10.1. The van der Waals surface area contributed by atoms with Crippen LogP contribution in [0, 0.1) is 11.8 Å². The van der Waals surface area contributed by atoms with Gasteiger partial charge >= 0.3 is 5.97 Å². The predicted octanol–water partition coefficient (Wildman–Crippen LogP) is 4.67. The summed E-state index contributed by atoms with van der Waals surface area (Å²) in [5, 5.41) is 29.1. The first-order chi connectivity index (χ1) is 18.0. The summed E-state index contributed by atoms with van der Waals surface area (Å²) < 4.78 is 5.37. The SMILES string of the molecule is COc1ccc2nccc([C@@H](O)CCC3CCN(CCCCc4ccnnc4)CC3CCC(=O)O)c2c1. The summed E-state index contributed by atoms with van der Waals surface area (Å²) in [6, 6.07) is 9.62. The van der Waals surface area contributed by atoms with Crippen molar-refractivity contribution >= 4 is 16.9 Å². The molecule has 1 saturated heterocycles. The minimum atomic E-state index is -0.737. The molecule has 3 heterocycles. The van der Waals surface area contributed by atoms with E-state index in [0.717, 1.165) is 74.0 Å². The Labute approximate surface area is 218 Å². The van der Waals surface area contributed by atoms with Crippen LogP contribution in [0.1, 0.15) is 62.2 Å². The number of nitrogens with zero attached hydrogens (tertiary/aromatic N) is 4. The van der Waals surface area contributed by atoms with Crippen molar-refractivity contribution in [3.63, 3.8) is 0 Å². The van der Waals surface area contributed by atoms with Gasteiger partial charge in [0.05, 0.1) is 24.9 Å². The molecule has 0 bridgehead atoms. The number of piperidine rings is 1. The third-order valence-corrected chi connectivity index (χ3v) is 7.69. The molecule has 0 amide bonds. The Balaban J connectivity index is 1.32. The lowest BCUT2D eigenvalue weighted by Gasteiger charge is -2.39. The van der Waals surface area contributed by atoms with Crippen LogP contribution in [0.2, 0.25) is 0 Å². The summed E-state index contributed by atoms with van der Waals surface area (Å²) in [6.07, 6.45) is 11.4. The molecular formula is C29H38N4O4. The molecule has 8 heteroatoms. The molecule has 1 fully saturated rings. The number of aliphatic carboxylic acids is 1. The molecule has 3 aromatic rings. The van der Waals surface area contributed by atoms with Crippen molar-refractivity contribution in [2.24, 2.45) is 11.8 Å². The number of ether oxygens (including phenoxy) is 1. The van der Waals surface area contributed by atoms with Crippen LogP contribution < -0.4 is 4.74 Å². The van der Waals surface area contributed by atoms with Crippen molar-refractivity contribution in [3.8, 4) is 5.75 Å². The van der Waals surface area contributed by atoms with E-state index in [1.807, 2.05) is 36.5 Å². The molecule has 4 rings (SSSR count). The fourth-order valence-corrected chi connectivity index (χ4v) is 5.60. The number of unbranched alkanes of at least 4 members (excludes halogenated alkanes) is 1. The fourth-order valence-electron chi connectivity index (χ4n) is 5.60. The number of carboxylic acids is 1. The van der Waals surface area contributed by atoms with E-state index in [2.05, 4.69) is 20.1 Å². The molecule has 0 aliphatic carbocycles. The molecule has 1 aliphatic heterocycles. The number of likely N-dealkylation sites (tertiary alicyclic amines) is 1. The number of hydrogen-bond acceptors (Lipinski definition) is 7. The zero-order chi connectivity index (χ0) is 26.0. The van der Waals surface area contributed by atoms with Crippen molar-refractivity contribution in [1.29, 1.82) is 0 Å². The summed E-state index contributed by atoms with van der Waals surface area (Å²) in [6.45, 7) is 2.99. The highest BCUT2D eigenvalue weighted by Gasteiger charge is 2.30. The Hall–Kier alpha value is -3.10. The molecule has 8 nitrogen and oxygen atoms in total. The highest BCUT2D eigenvalue weighted by molar-refractivity contribution is 5.83. The number of pyridine rings is 1. The Morgan fingerprint density at radius 3 is 2.81 bits per heavy atom. The number of hydrogen-bond donors (Lipinski definition) is 2. The summed E-state index contributed by atoms with van der Waals surface area (Å²) in [5.41, 5.74) is 2.92. The first-order valence-corrected chi connectivity index (χ1v) is 13.3. The average Bonchev–Trinajstić information content (AvgIpc) is 2.93. The lowest BCUT2D eigenvalue weighted by Crippen LogP contribution is -2.41. The van der Waals surface area contributed by atoms with Gasteiger partial charge in [0.1, 0.15) is 5.75 Å². The van der Waals surface area contributed by atoms with Crippen LogP contribution in [0.4, 0.5) is 0 Å². The van der Waals surface area contributed by atoms with Crippen molar-refractivity contribution in [1.82, 2.24) is 20.1 Å². The number of aliphatic hydroxyl groups is 1. The predicted molar refractivity (Wildman–Crippen MR) is 142 cm³/mol. The maximum atomic E-state index is 11.3. The van der Waals surface area contributed by atoms with Crippen molar-refractivity contribution < 1.29 is 19.7 Å². The Kier molecular flexibility index (Phi) is 9.79. The maximum Gasteiger partial charge on any atom is 0.303 e. The van der Waals surface area contributed by atoms with E-state index >= 15 is 0 Å². The minimum Gasteiger partial charge on any atom is -0.497 e. The molecule has 1 aliphatic rings. The topological polar surface area (TPSA) is 109 Å². The fraction of sp³-hybridized carbons (Fsp3) is 0.517. The van der Waals surface area contributed by atoms with Gasteiger partial charge in [-0.05, 0) is 111 Å². The molecule has 0 saturated carbocycles. The molecule has 1 aromatic carbocycles. The van der Waals surface area contributed by atoms with Gasteiger partial charge in [-0.3, -0.25) is 9.78 Å². The molecule has 37 heavy (non-hydrogen) atoms. The summed E-state index contributed by atoms with van der Waals surface area (Å²) in [7, 11) is 1.63. The Morgan fingerprint density at radius 1 is 1.14 bits per heavy atom. The number of fused-ring (bicyclic) bond motifs is 1. The first-order valence-electron chi connectivity index (χ1n) is 13.3. The number of carbonyl (C=O) groups is 1. The van der Waals surface area contributed by atoms with Crippen LogP contribution in [-0.4, -0.2) is 63.0 Å². The van der Waals surface area contributed by atoms with E-state index < -0.39 is 12.1 Å². The van der Waals surface area contributed by atoms with Crippen LogP contribution in [0.25, 0.3) is 10.9 Å². The number of methoxy groups -OCH3 is 1. The van der Waals surface area contributed by atoms with E-state index in [4.69, 9.17) is 4.74 Å². The van der Waals surface area contributed by atoms with Crippen LogP contribution in [-0.2, 0) is 11.2 Å². The van der Waals surface area contributed by atoms with Crippen LogP contribution >= 0.6 is 0 Å². The minimum absolute atomic E-state index is 0.196. The molecule has 0 radical (unpaired) electrons. The maximum absolute atomic E-state index is 11.3. The van der Waals surface area contributed by atoms with Gasteiger partial charge in [-0.25, -0.2) is 0 Å². The van der Waals surface area contributed by atoms with Crippen LogP contribution in [0.3, 0.4) is 0 Å². The highest BCUT2D eigenvalue weighted by Crippen LogP contribution is 2.35. The lowest BCUT2D eigenvalue weighted by molar-refractivity contribution is -0.137. The van der Waals surface area contributed by atoms with Crippen molar-refractivity contribution in [2.75, 3.05) is 26.7 Å². The molecule has 0 spiro atoms. The van der Waals surface area contributed by atoms with E-state index in [-0.39, 0.29) is 6.42 Å². The lowest BCUT2D eigenvalue weighted by atomic mass is 9.79. The number of aryl methyl sites for hydroxylation is 1. The molecule has 2 aromatic heterocycles. The van der Waals surface area contributed by atoms with Crippen LogP contribution in [0.5, 0.6) is 5.75 Å². The molecule has 198 valence electrons. The summed E-state index contributed by atoms with van der Waals surface area (Å²) in [4.78, 5) is 18.2. The van der Waals surface area contributed by atoms with Gasteiger partial charge < -0.3 is 19.8 Å². The van der Waals surface area contributed by atoms with Gasteiger partial charge in [-0.1, -0.05) is 0 Å². The smallest absolute Gasteiger partial charge is 0.303 e. The van der Waals surface area contributed by atoms with Gasteiger partial charge in [0.25, 0.3) is 0 Å². The van der Waals surface area contributed by atoms with E-state index in [1.54, 1.807) is 19.5 Å². The highest BCUT2D eigenvalue weighted by atomic mass is 16.5. The monoisotopic (exact) mass is 506 g/mol. The standard InChI is InChI=1S/C29H38N4O4/c1-37-24-7-8-27-26(18-24)25(12-14-30-27)28(34)9-5-22-13-17-33(20-23(22)6-10-29(35)36)16-3-2-4-21-11-15-31-32-19-21/h7-8,11-12,14-15,18-19,22-23,28,34H,2-6,9-10,13,16-17,20H2,1H3,(H,35,36)/t22?,23?,28-/m0/s1. The largest absolute Gasteiger partial charge is 0.497 e. The van der Waals surface area contributed by atoms with E-state index in [1.165, 1.54) is 5.56 Å². The number of carboxylic acid groups (broad SMARTS) is 1. The molecule has 3 atom stereocenters. The van der Waals surface area contributed by atoms with Gasteiger partial charge in [-0.2, -0.15) is 10.2 Å². The molecule has 2 unspecified atom stereocenters. The second-order valence-corrected chi connectivity index (χ2v) is 10.1. The van der Waals surface area contributed by atoms with E-state index in [9.17, 15) is 15.0 Å². The van der Waals surface area contributed by atoms with Gasteiger partial charge in [-0.15, -0.1) is 0 Å². The molecule has 2 N–H and O–H groups in total. The number of aromatic nitrogens is 3. The number of aliphatic hydroxyl groups excluding tert-OH is 1. The third kappa shape index (κ3) is 7.69. The summed E-state index contributed by atoms with van der Waals surface area (Å²) >= 11 is 0. The molecular weight excluding hydrogens is 468 g/mol. The van der Waals surface area contributed by atoms with E-state index in [0.29, 0.717) is 24.7 Å². The quantitative estimate of drug-likeness (QED) is 0.322. The zero-order valence-electron chi connectivity index (χ0n) is 21.6. The normalized spacial score (nSPS) is 19.1.